The van der Waals surface area contributed by atoms with Crippen LogP contribution in [0.25, 0.3) is 0 Å². The first kappa shape index (κ1) is 3.94. The Bertz CT molecular complexity index is 408. The second kappa shape index (κ2) is 3.76. The van der Waals surface area contributed by atoms with Crippen LogP contribution in [-0.2, 0) is 4.79 Å². The number of anilines is 1. The van der Waals surface area contributed by atoms with Gasteiger partial charge in [-0.3, -0.25) is 4.79 Å². The van der Waals surface area contributed by atoms with Crippen molar-refractivity contribution in [2.24, 2.45) is 0 Å². The Kier molecular flexibility index (Phi) is 1.23. The van der Waals surface area contributed by atoms with Gasteiger partial charge in [0.1, 0.15) is 6.02 Å². The highest BCUT2D eigenvalue weighted by molar-refractivity contribution is 5.76. The Labute approximate surface area is 78.1 Å². The molecule has 1 aromatic carbocycles. The molecule has 0 aliphatic carbocycles. The lowest BCUT2D eigenvalue weighted by molar-refractivity contribution is -0.137. The summed E-state index contributed by atoms with van der Waals surface area (Å²) < 4.78 is 36.4. The summed E-state index contributed by atoms with van der Waals surface area (Å²) in [5, 5.41) is 9.07. The van der Waals surface area contributed by atoms with E-state index >= 15 is 0 Å². The molecule has 0 saturated heterocycles. The summed E-state index contributed by atoms with van der Waals surface area (Å²) in [4.78, 5) is 11.0. The fourth-order valence-electron chi connectivity index (χ4n) is 0.679. The zero-order chi connectivity index (χ0) is 13.3. The third kappa shape index (κ3) is 2.27. The summed E-state index contributed by atoms with van der Waals surface area (Å²) >= 11 is 0. The van der Waals surface area contributed by atoms with Gasteiger partial charge in [0.15, 0.2) is 1.41 Å². The van der Waals surface area contributed by atoms with Crippen LogP contribution in [0.15, 0.2) is 30.3 Å². The smallest absolute Gasteiger partial charge is 0.325 e. The highest BCUT2D eigenvalue weighted by Gasteiger charge is 2.08. The molecule has 0 fully saturated rings. The predicted octanol–water partition coefficient (Wildman–Crippen LogP) is 1.57. The number of para-hydroxylation sites is 1. The van der Waals surface area contributed by atoms with Crippen LogP contribution in [-0.4, -0.2) is 17.1 Å². The van der Waals surface area contributed by atoms with Gasteiger partial charge in [0.05, 0.1) is 1.37 Å². The first-order chi connectivity index (χ1) is 7.71. The van der Waals surface area contributed by atoms with E-state index in [1.807, 2.05) is 0 Å². The van der Waals surface area contributed by atoms with Gasteiger partial charge in [0, 0.05) is 9.80 Å². The molecule has 1 atom stereocenters. The number of carboxylic acids is 1. The summed E-state index contributed by atoms with van der Waals surface area (Å²) in [7, 11) is 0. The summed E-state index contributed by atoms with van der Waals surface area (Å²) in [6.45, 7) is -3.14. The van der Waals surface area contributed by atoms with E-state index in [-0.39, 0.29) is 11.0 Å². The zero-order valence-corrected chi connectivity index (χ0v) is 6.19. The molecule has 0 radical (unpaired) electrons. The molecule has 3 heteroatoms. The standard InChI is InChI=1S/C9H11NO2/c1-7(9(11)12)10-8-5-3-2-4-6-8/h2-7,10H,1H3,(H,11,12)/t7-/m0/s1/i1D3,7D/hD. The third-order valence-electron chi connectivity index (χ3n) is 1.20. The molecule has 0 unspecified atom stereocenters. The van der Waals surface area contributed by atoms with E-state index in [1.165, 1.54) is 24.3 Å². The van der Waals surface area contributed by atoms with Crippen LogP contribution in [0, 0.1) is 0 Å². The van der Waals surface area contributed by atoms with Crippen LogP contribution in [0.5, 0.6) is 0 Å². The van der Waals surface area contributed by atoms with E-state index in [4.69, 9.17) is 12.0 Å². The van der Waals surface area contributed by atoms with Crippen molar-refractivity contribution >= 4 is 11.7 Å². The molecule has 2 N–H and O–H groups in total. The third-order valence-corrected chi connectivity index (χ3v) is 1.20. The van der Waals surface area contributed by atoms with Crippen LogP contribution < -0.4 is 5.31 Å². The molecule has 1 aromatic rings. The fourth-order valence-corrected chi connectivity index (χ4v) is 0.679. The minimum atomic E-state index is -3.14. The number of hydrogen-bond acceptors (Lipinski definition) is 2. The summed E-state index contributed by atoms with van der Waals surface area (Å²) in [6, 6.07) is 4.39. The number of hydrogen-bond donors (Lipinski definition) is 2. The molecular formula is C9H11NO2. The van der Waals surface area contributed by atoms with Crippen molar-refractivity contribution in [1.29, 1.82) is 0 Å². The van der Waals surface area contributed by atoms with Crippen LogP contribution in [0.2, 0.25) is 1.41 Å². The van der Waals surface area contributed by atoms with Crippen molar-refractivity contribution in [2.45, 2.75) is 12.9 Å². The molecule has 0 bridgehead atoms. The molecule has 0 saturated carbocycles. The number of carboxylic acid groups (broad SMARTS) is 1. The van der Waals surface area contributed by atoms with Crippen molar-refractivity contribution in [3.8, 4) is 0 Å². The number of rotatable bonds is 3. The van der Waals surface area contributed by atoms with Crippen molar-refractivity contribution in [3.63, 3.8) is 0 Å². The van der Waals surface area contributed by atoms with Gasteiger partial charge in [-0.25, -0.2) is 0 Å². The second-order valence-corrected chi connectivity index (χ2v) is 2.10. The van der Waals surface area contributed by atoms with Crippen molar-refractivity contribution in [1.82, 2.24) is 0 Å². The fraction of sp³-hybridized carbons (Fsp3) is 0.222. The summed E-state index contributed by atoms with van der Waals surface area (Å²) in [5.74, 6) is -1.89. The molecule has 1 rings (SSSR count). The van der Waals surface area contributed by atoms with E-state index in [9.17, 15) is 4.79 Å². The van der Waals surface area contributed by atoms with Gasteiger partial charge in [-0.2, -0.15) is 0 Å². The molecule has 0 aliphatic rings. The Balaban J connectivity index is 3.23. The van der Waals surface area contributed by atoms with Gasteiger partial charge in [0.2, 0.25) is 0 Å². The van der Waals surface area contributed by atoms with E-state index in [2.05, 4.69) is 0 Å². The van der Waals surface area contributed by atoms with Gasteiger partial charge in [-0.1, -0.05) is 18.2 Å². The zero-order valence-electron chi connectivity index (χ0n) is 11.2. The SMILES string of the molecule is [2H]N(c1ccccc1)[C@]([2H])(C(=O)O)C([2H])([2H])[2H]. The van der Waals surface area contributed by atoms with E-state index < -0.39 is 18.8 Å². The molecule has 3 nitrogen and oxygen atoms in total. The highest BCUT2D eigenvalue weighted by Crippen LogP contribution is 2.06. The molecular weight excluding hydrogens is 154 g/mol. The average Bonchev–Trinajstić information content (AvgIpc) is 2.26. The Hall–Kier alpha value is -1.51. The number of aliphatic carboxylic acids is 1. The number of nitrogens with one attached hydrogen (secondary N) is 1. The minimum Gasteiger partial charge on any atom is -0.480 e. The van der Waals surface area contributed by atoms with Crippen LogP contribution in [0.4, 0.5) is 5.69 Å². The lowest BCUT2D eigenvalue weighted by Crippen LogP contribution is -2.25. The van der Waals surface area contributed by atoms with Crippen molar-refractivity contribution in [2.75, 3.05) is 5.31 Å². The molecule has 0 spiro atoms. The molecule has 0 heterocycles. The largest absolute Gasteiger partial charge is 0.480 e. The maximum atomic E-state index is 11.0. The van der Waals surface area contributed by atoms with Gasteiger partial charge in [-0.15, -0.1) is 0 Å². The normalized spacial score (nSPS) is 21.8. The lowest BCUT2D eigenvalue weighted by atomic mass is 10.3. The maximum Gasteiger partial charge on any atom is 0.325 e. The van der Waals surface area contributed by atoms with E-state index in [1.54, 1.807) is 6.07 Å². The predicted molar refractivity (Wildman–Crippen MR) is 47.2 cm³/mol. The lowest BCUT2D eigenvalue weighted by Gasteiger charge is -2.09. The molecule has 0 aliphatic heterocycles. The summed E-state index contributed by atoms with van der Waals surface area (Å²) in [6.07, 6.45) is 0. The second-order valence-electron chi connectivity index (χ2n) is 2.10. The Morgan fingerprint density at radius 2 is 2.42 bits per heavy atom. The molecule has 0 amide bonds. The van der Waals surface area contributed by atoms with Gasteiger partial charge in [-0.05, 0) is 19.0 Å². The van der Waals surface area contributed by atoms with Crippen LogP contribution in [0.3, 0.4) is 0 Å². The Morgan fingerprint density at radius 1 is 1.75 bits per heavy atom. The first-order valence-electron chi connectivity index (χ1n) is 5.73. The number of carbonyl (C=O) groups is 1. The van der Waals surface area contributed by atoms with Gasteiger partial charge >= 0.3 is 5.97 Å². The first-order valence-corrected chi connectivity index (χ1v) is 3.29. The monoisotopic (exact) mass is 170 g/mol. The highest BCUT2D eigenvalue weighted by atomic mass is 16.4. The summed E-state index contributed by atoms with van der Waals surface area (Å²) in [5.41, 5.74) is 0.0287. The topological polar surface area (TPSA) is 49.3 Å². The van der Waals surface area contributed by atoms with E-state index in [0.29, 0.717) is 0 Å². The van der Waals surface area contributed by atoms with Gasteiger partial charge < -0.3 is 10.4 Å². The quantitative estimate of drug-likeness (QED) is 0.724. The minimum absolute atomic E-state index is 0.0287. The van der Waals surface area contributed by atoms with Gasteiger partial charge in [0.25, 0.3) is 0 Å². The Morgan fingerprint density at radius 3 is 2.92 bits per heavy atom. The van der Waals surface area contributed by atoms with E-state index in [0.717, 1.165) is 0 Å². The van der Waals surface area contributed by atoms with Crippen LogP contribution in [0.1, 0.15) is 12.3 Å². The number of benzene rings is 1. The molecule has 12 heavy (non-hydrogen) atoms. The van der Waals surface area contributed by atoms with Crippen molar-refractivity contribution < 1.29 is 16.8 Å². The average molecular weight is 170 g/mol. The molecule has 64 valence electrons. The maximum absolute atomic E-state index is 11.0. The van der Waals surface area contributed by atoms with Crippen LogP contribution >= 0.6 is 0 Å². The molecule has 0 aromatic heterocycles. The van der Waals surface area contributed by atoms with Crippen molar-refractivity contribution in [3.05, 3.63) is 30.3 Å².